The summed E-state index contributed by atoms with van der Waals surface area (Å²) in [6.45, 7) is 2.60. The Morgan fingerprint density at radius 3 is 2.46 bits per heavy atom. The van der Waals surface area contributed by atoms with Gasteiger partial charge in [0.2, 0.25) is 0 Å². The number of fused-ring (bicyclic) bond motifs is 1. The average molecular weight is 344 g/mol. The van der Waals surface area contributed by atoms with Crippen molar-refractivity contribution >= 4 is 11.0 Å². The van der Waals surface area contributed by atoms with Crippen molar-refractivity contribution in [3.05, 3.63) is 82.8 Å². The van der Waals surface area contributed by atoms with Gasteiger partial charge in [-0.1, -0.05) is 36.4 Å². The molecule has 1 N–H and O–H groups in total. The number of benzene rings is 2. The molecule has 0 saturated carbocycles. The summed E-state index contributed by atoms with van der Waals surface area (Å²) in [6.07, 6.45) is 5.46. The molecule has 0 fully saturated rings. The van der Waals surface area contributed by atoms with Crippen LogP contribution in [0.1, 0.15) is 18.3 Å². The monoisotopic (exact) mass is 344 g/mol. The van der Waals surface area contributed by atoms with Crippen LogP contribution < -0.4 is 5.69 Å². The molecule has 0 aliphatic carbocycles. The van der Waals surface area contributed by atoms with Crippen LogP contribution in [-0.4, -0.2) is 19.5 Å². The van der Waals surface area contributed by atoms with Crippen molar-refractivity contribution < 1.29 is 0 Å². The molecule has 5 heteroatoms. The van der Waals surface area contributed by atoms with E-state index in [-0.39, 0.29) is 5.69 Å². The Hall–Kier alpha value is -3.21. The minimum absolute atomic E-state index is 0.0767. The SMILES string of the molecule is CCn1c(=O)[nH]c2ccc(-c3cnc(CCc4ccccc4)nc3)cc21. The molecule has 0 aliphatic heterocycles. The topological polar surface area (TPSA) is 63.6 Å². The summed E-state index contributed by atoms with van der Waals surface area (Å²) in [5.74, 6) is 0.839. The number of hydrogen-bond donors (Lipinski definition) is 1. The molecule has 0 spiro atoms. The van der Waals surface area contributed by atoms with E-state index in [0.717, 1.165) is 40.8 Å². The molecule has 0 aliphatic rings. The quantitative estimate of drug-likeness (QED) is 0.602. The van der Waals surface area contributed by atoms with Crippen molar-refractivity contribution in [2.24, 2.45) is 0 Å². The first kappa shape index (κ1) is 16.3. The molecule has 0 bridgehead atoms. The Morgan fingerprint density at radius 1 is 0.962 bits per heavy atom. The predicted octanol–water partition coefficient (Wildman–Crippen LogP) is 3.59. The van der Waals surface area contributed by atoms with E-state index in [2.05, 4.69) is 27.1 Å². The van der Waals surface area contributed by atoms with Crippen LogP contribution >= 0.6 is 0 Å². The van der Waals surface area contributed by atoms with Crippen LogP contribution in [-0.2, 0) is 19.4 Å². The zero-order valence-electron chi connectivity index (χ0n) is 14.6. The van der Waals surface area contributed by atoms with Crippen molar-refractivity contribution in [2.75, 3.05) is 0 Å². The number of hydrogen-bond acceptors (Lipinski definition) is 3. The molecule has 0 radical (unpaired) electrons. The number of aromatic nitrogens is 4. The van der Waals surface area contributed by atoms with Crippen LogP contribution in [0.4, 0.5) is 0 Å². The fourth-order valence-corrected chi connectivity index (χ4v) is 3.18. The third-order valence-corrected chi connectivity index (χ3v) is 4.61. The molecular weight excluding hydrogens is 324 g/mol. The molecule has 130 valence electrons. The largest absolute Gasteiger partial charge is 0.326 e. The first-order valence-corrected chi connectivity index (χ1v) is 8.82. The number of aryl methyl sites for hydroxylation is 3. The van der Waals surface area contributed by atoms with Crippen LogP contribution in [0.25, 0.3) is 22.2 Å². The molecule has 5 nitrogen and oxygen atoms in total. The molecule has 0 amide bonds. The molecule has 2 aromatic carbocycles. The van der Waals surface area contributed by atoms with E-state index >= 15 is 0 Å². The molecular formula is C21H20N4O. The summed E-state index contributed by atoms with van der Waals surface area (Å²) in [6, 6.07) is 16.3. The zero-order valence-corrected chi connectivity index (χ0v) is 14.6. The third-order valence-electron chi connectivity index (χ3n) is 4.61. The molecule has 26 heavy (non-hydrogen) atoms. The second-order valence-corrected chi connectivity index (χ2v) is 6.28. The summed E-state index contributed by atoms with van der Waals surface area (Å²) in [7, 11) is 0. The first-order valence-electron chi connectivity index (χ1n) is 8.82. The smallest absolute Gasteiger partial charge is 0.306 e. The Bertz CT molecular complexity index is 1080. The van der Waals surface area contributed by atoms with Crippen LogP contribution in [0.15, 0.2) is 65.7 Å². The van der Waals surface area contributed by atoms with Crippen molar-refractivity contribution in [3.8, 4) is 11.1 Å². The maximum absolute atomic E-state index is 11.9. The number of nitrogens with one attached hydrogen (secondary N) is 1. The average Bonchev–Trinajstić information content (AvgIpc) is 3.01. The third kappa shape index (κ3) is 3.16. The van der Waals surface area contributed by atoms with Gasteiger partial charge in [0.05, 0.1) is 11.0 Å². The summed E-state index contributed by atoms with van der Waals surface area (Å²) < 4.78 is 1.73. The lowest BCUT2D eigenvalue weighted by Crippen LogP contribution is -2.14. The Morgan fingerprint density at radius 2 is 1.73 bits per heavy atom. The number of H-pyrrole nitrogens is 1. The lowest BCUT2D eigenvalue weighted by atomic mass is 10.1. The Labute approximate surface area is 151 Å². The molecule has 4 rings (SSSR count). The fourth-order valence-electron chi connectivity index (χ4n) is 3.18. The molecule has 2 heterocycles. The van der Waals surface area contributed by atoms with Gasteiger partial charge < -0.3 is 4.98 Å². The van der Waals surface area contributed by atoms with E-state index < -0.39 is 0 Å². The Kier molecular flexibility index (Phi) is 4.35. The van der Waals surface area contributed by atoms with E-state index in [1.54, 1.807) is 4.57 Å². The number of nitrogens with zero attached hydrogens (tertiary/aromatic N) is 3. The molecule has 0 saturated heterocycles. The van der Waals surface area contributed by atoms with Crippen molar-refractivity contribution in [3.63, 3.8) is 0 Å². The number of imidazole rings is 1. The normalized spacial score (nSPS) is 11.1. The molecule has 0 unspecified atom stereocenters. The van der Waals surface area contributed by atoms with Crippen LogP contribution in [0.2, 0.25) is 0 Å². The van der Waals surface area contributed by atoms with Gasteiger partial charge in [0.25, 0.3) is 0 Å². The van der Waals surface area contributed by atoms with Gasteiger partial charge in [0, 0.05) is 30.9 Å². The second kappa shape index (κ2) is 6.96. The molecule has 4 aromatic rings. The zero-order chi connectivity index (χ0) is 17.9. The van der Waals surface area contributed by atoms with Gasteiger partial charge in [0.15, 0.2) is 0 Å². The fraction of sp³-hybridized carbons (Fsp3) is 0.190. The van der Waals surface area contributed by atoms with Gasteiger partial charge in [-0.15, -0.1) is 0 Å². The van der Waals surface area contributed by atoms with E-state index in [4.69, 9.17) is 0 Å². The van der Waals surface area contributed by atoms with E-state index in [0.29, 0.717) is 6.54 Å². The lowest BCUT2D eigenvalue weighted by molar-refractivity contribution is 0.753. The van der Waals surface area contributed by atoms with Crippen LogP contribution in [0.3, 0.4) is 0 Å². The van der Waals surface area contributed by atoms with Crippen molar-refractivity contribution in [1.82, 2.24) is 19.5 Å². The van der Waals surface area contributed by atoms with Crippen LogP contribution in [0.5, 0.6) is 0 Å². The van der Waals surface area contributed by atoms with Gasteiger partial charge in [-0.2, -0.15) is 0 Å². The van der Waals surface area contributed by atoms with Gasteiger partial charge in [-0.05, 0) is 36.6 Å². The van der Waals surface area contributed by atoms with Gasteiger partial charge in [-0.3, -0.25) is 4.57 Å². The van der Waals surface area contributed by atoms with Crippen molar-refractivity contribution in [2.45, 2.75) is 26.3 Å². The summed E-state index contributed by atoms with van der Waals surface area (Å²) in [5.41, 5.74) is 4.92. The molecule has 2 aromatic heterocycles. The standard InChI is InChI=1S/C21H20N4O/c1-2-25-19-12-16(9-10-18(19)24-21(25)26)17-13-22-20(23-14-17)11-8-15-6-4-3-5-7-15/h3-7,9-10,12-14H,2,8,11H2,1H3,(H,24,26). The van der Waals surface area contributed by atoms with Crippen LogP contribution in [0, 0.1) is 0 Å². The highest BCUT2D eigenvalue weighted by Gasteiger charge is 2.08. The van der Waals surface area contributed by atoms with E-state index in [1.807, 2.05) is 55.7 Å². The lowest BCUT2D eigenvalue weighted by Gasteiger charge is -2.05. The van der Waals surface area contributed by atoms with E-state index in [1.165, 1.54) is 5.56 Å². The van der Waals surface area contributed by atoms with Gasteiger partial charge >= 0.3 is 5.69 Å². The minimum Gasteiger partial charge on any atom is -0.306 e. The highest BCUT2D eigenvalue weighted by atomic mass is 16.1. The second-order valence-electron chi connectivity index (χ2n) is 6.28. The Balaban J connectivity index is 1.56. The molecule has 0 atom stereocenters. The highest BCUT2D eigenvalue weighted by Crippen LogP contribution is 2.22. The summed E-state index contributed by atoms with van der Waals surface area (Å²) in [4.78, 5) is 23.8. The summed E-state index contributed by atoms with van der Waals surface area (Å²) in [5, 5.41) is 0. The first-order chi connectivity index (χ1) is 12.7. The highest BCUT2D eigenvalue weighted by molar-refractivity contribution is 5.81. The van der Waals surface area contributed by atoms with E-state index in [9.17, 15) is 4.79 Å². The maximum Gasteiger partial charge on any atom is 0.326 e. The van der Waals surface area contributed by atoms with Gasteiger partial charge in [-0.25, -0.2) is 14.8 Å². The maximum atomic E-state index is 11.9. The number of aromatic amines is 1. The summed E-state index contributed by atoms with van der Waals surface area (Å²) >= 11 is 0. The minimum atomic E-state index is -0.0767. The van der Waals surface area contributed by atoms with Gasteiger partial charge in [0.1, 0.15) is 5.82 Å². The van der Waals surface area contributed by atoms with Crippen molar-refractivity contribution in [1.29, 1.82) is 0 Å². The predicted molar refractivity (Wildman–Crippen MR) is 103 cm³/mol. The number of rotatable bonds is 5.